The van der Waals surface area contributed by atoms with E-state index >= 15 is 0 Å². The predicted octanol–water partition coefficient (Wildman–Crippen LogP) is 3.85. The van der Waals surface area contributed by atoms with E-state index in [4.69, 9.17) is 4.74 Å². The van der Waals surface area contributed by atoms with Crippen LogP contribution in [0.15, 0.2) is 49.1 Å². The summed E-state index contributed by atoms with van der Waals surface area (Å²) in [6.07, 6.45) is 5.86. The topological polar surface area (TPSA) is 102 Å². The maximum atomic E-state index is 13.3. The minimum atomic E-state index is -2.83. The quantitative estimate of drug-likeness (QED) is 0.643. The summed E-state index contributed by atoms with van der Waals surface area (Å²) < 4.78 is 34.1. The van der Waals surface area contributed by atoms with Crippen molar-refractivity contribution < 1.29 is 23.1 Å². The lowest BCUT2D eigenvalue weighted by atomic mass is 9.65. The zero-order valence-electron chi connectivity index (χ0n) is 17.7. The second-order valence-corrected chi connectivity index (χ2v) is 8.39. The van der Waals surface area contributed by atoms with Crippen LogP contribution < -0.4 is 10.1 Å². The third-order valence-electron chi connectivity index (χ3n) is 5.89. The molecule has 3 aromatic rings. The number of rotatable bonds is 4. The van der Waals surface area contributed by atoms with Gasteiger partial charge in [-0.2, -0.15) is 5.10 Å². The van der Waals surface area contributed by atoms with Gasteiger partial charge in [-0.3, -0.25) is 24.7 Å². The van der Waals surface area contributed by atoms with Crippen molar-refractivity contribution in [2.75, 3.05) is 11.9 Å². The molecule has 2 fully saturated rings. The van der Waals surface area contributed by atoms with Gasteiger partial charge in [0.2, 0.25) is 11.8 Å². The number of imide groups is 1. The number of carbonyl (C=O) groups is 2. The Labute approximate surface area is 187 Å². The standard InChI is InChI=1S/C22H20F2N6O3/c1-29-11-14(9-27-29)17-8-15(4-6-25-17)33-16-2-3-18(26-10-16)28-20(32)30-7-5-21(19(30)31)12-22(23,24)13-21/h2-4,6,8-11H,5,7,12-13H2,1H3,(H,26,28,32). The number of urea groups is 1. The Kier molecular flexibility index (Phi) is 4.84. The highest BCUT2D eigenvalue weighted by Crippen LogP contribution is 2.57. The van der Waals surface area contributed by atoms with Gasteiger partial charge < -0.3 is 4.74 Å². The SMILES string of the molecule is Cn1cc(-c2cc(Oc3ccc(NC(=O)N4CCC5(CC(F)(F)C5)C4=O)nc3)ccn2)cn1. The molecule has 3 amide bonds. The van der Waals surface area contributed by atoms with Gasteiger partial charge in [0.25, 0.3) is 0 Å². The number of nitrogens with one attached hydrogen (secondary N) is 1. The van der Waals surface area contributed by atoms with E-state index in [1.165, 1.54) is 12.3 Å². The number of halogens is 2. The number of nitrogens with zero attached hydrogens (tertiary/aromatic N) is 5. The monoisotopic (exact) mass is 454 g/mol. The van der Waals surface area contributed by atoms with E-state index in [1.807, 2.05) is 13.2 Å². The molecule has 1 saturated carbocycles. The van der Waals surface area contributed by atoms with E-state index in [0.717, 1.165) is 10.5 Å². The van der Waals surface area contributed by atoms with Gasteiger partial charge >= 0.3 is 6.03 Å². The van der Waals surface area contributed by atoms with E-state index in [1.54, 1.807) is 35.3 Å². The van der Waals surface area contributed by atoms with Gasteiger partial charge in [-0.05, 0) is 24.6 Å². The van der Waals surface area contributed by atoms with Crippen molar-refractivity contribution >= 4 is 17.8 Å². The van der Waals surface area contributed by atoms with Crippen molar-refractivity contribution in [2.24, 2.45) is 12.5 Å². The third-order valence-corrected chi connectivity index (χ3v) is 5.89. The van der Waals surface area contributed by atoms with Crippen molar-refractivity contribution in [2.45, 2.75) is 25.2 Å². The summed E-state index contributed by atoms with van der Waals surface area (Å²) in [6.45, 7) is 0.114. The highest BCUT2D eigenvalue weighted by molar-refractivity contribution is 6.04. The van der Waals surface area contributed by atoms with Crippen LogP contribution in [0.4, 0.5) is 19.4 Å². The summed E-state index contributed by atoms with van der Waals surface area (Å²) in [7, 11) is 1.82. The fourth-order valence-corrected chi connectivity index (χ4v) is 4.29. The van der Waals surface area contributed by atoms with E-state index in [0.29, 0.717) is 17.2 Å². The van der Waals surface area contributed by atoms with Gasteiger partial charge in [0.05, 0.1) is 23.5 Å². The zero-order chi connectivity index (χ0) is 23.2. The number of aryl methyl sites for hydroxylation is 1. The molecule has 2 aliphatic rings. The number of ether oxygens (including phenoxy) is 1. The molecule has 4 heterocycles. The molecule has 0 aromatic carbocycles. The molecule has 3 aromatic heterocycles. The van der Waals surface area contributed by atoms with Gasteiger partial charge in [-0.1, -0.05) is 0 Å². The molecular weight excluding hydrogens is 434 g/mol. The predicted molar refractivity (Wildman–Crippen MR) is 113 cm³/mol. The first-order chi connectivity index (χ1) is 15.7. The molecule has 1 saturated heterocycles. The molecule has 1 aliphatic carbocycles. The largest absolute Gasteiger partial charge is 0.456 e. The second kappa shape index (κ2) is 7.61. The molecule has 1 aliphatic heterocycles. The highest BCUT2D eigenvalue weighted by atomic mass is 19.3. The highest BCUT2D eigenvalue weighted by Gasteiger charge is 2.64. The lowest BCUT2D eigenvalue weighted by Crippen LogP contribution is -2.52. The molecule has 0 unspecified atom stereocenters. The summed E-state index contributed by atoms with van der Waals surface area (Å²) in [6, 6.07) is 5.94. The van der Waals surface area contributed by atoms with Crippen LogP contribution in [0.2, 0.25) is 0 Å². The molecule has 0 atom stereocenters. The van der Waals surface area contributed by atoms with Crippen LogP contribution in [-0.4, -0.2) is 49.1 Å². The summed E-state index contributed by atoms with van der Waals surface area (Å²) in [4.78, 5) is 34.4. The van der Waals surface area contributed by atoms with Crippen LogP contribution in [-0.2, 0) is 11.8 Å². The summed E-state index contributed by atoms with van der Waals surface area (Å²) in [5.74, 6) is -2.18. The maximum absolute atomic E-state index is 13.3. The van der Waals surface area contributed by atoms with Gasteiger partial charge in [-0.25, -0.2) is 18.6 Å². The van der Waals surface area contributed by atoms with Crippen LogP contribution in [0.5, 0.6) is 11.5 Å². The number of hydrogen-bond donors (Lipinski definition) is 1. The van der Waals surface area contributed by atoms with E-state index in [-0.39, 0.29) is 18.8 Å². The molecule has 0 bridgehead atoms. The molecule has 0 radical (unpaired) electrons. The number of likely N-dealkylation sites (tertiary alicyclic amines) is 1. The van der Waals surface area contributed by atoms with Gasteiger partial charge in [-0.15, -0.1) is 0 Å². The summed E-state index contributed by atoms with van der Waals surface area (Å²) >= 11 is 0. The number of anilines is 1. The Morgan fingerprint density at radius 3 is 2.64 bits per heavy atom. The van der Waals surface area contributed by atoms with Crippen LogP contribution in [0.3, 0.4) is 0 Å². The van der Waals surface area contributed by atoms with Gasteiger partial charge in [0.15, 0.2) is 0 Å². The average Bonchev–Trinajstić information content (AvgIpc) is 3.33. The number of pyridine rings is 2. The van der Waals surface area contributed by atoms with Crippen LogP contribution >= 0.6 is 0 Å². The first-order valence-electron chi connectivity index (χ1n) is 10.3. The molecule has 11 heteroatoms. The number of aromatic nitrogens is 4. The minimum Gasteiger partial charge on any atom is -0.456 e. The first-order valence-corrected chi connectivity index (χ1v) is 10.3. The minimum absolute atomic E-state index is 0.114. The van der Waals surface area contributed by atoms with Crippen LogP contribution in [0.1, 0.15) is 19.3 Å². The number of amides is 3. The van der Waals surface area contributed by atoms with Crippen LogP contribution in [0.25, 0.3) is 11.3 Å². The molecular formula is C22H20F2N6O3. The molecule has 33 heavy (non-hydrogen) atoms. The zero-order valence-corrected chi connectivity index (χ0v) is 17.7. The fourth-order valence-electron chi connectivity index (χ4n) is 4.29. The molecule has 5 rings (SSSR count). The van der Waals surface area contributed by atoms with E-state index in [9.17, 15) is 18.4 Å². The Balaban J connectivity index is 1.21. The Hall–Kier alpha value is -3.89. The number of carbonyl (C=O) groups excluding carboxylic acids is 2. The summed E-state index contributed by atoms with van der Waals surface area (Å²) in [5, 5.41) is 6.67. The third kappa shape index (κ3) is 4.01. The Bertz CT molecular complexity index is 1220. The first kappa shape index (κ1) is 21.0. The van der Waals surface area contributed by atoms with Crippen molar-refractivity contribution in [3.05, 3.63) is 49.1 Å². The van der Waals surface area contributed by atoms with Crippen LogP contribution in [0, 0.1) is 5.41 Å². The lowest BCUT2D eigenvalue weighted by molar-refractivity contribution is -0.176. The molecule has 1 N–H and O–H groups in total. The Morgan fingerprint density at radius 2 is 1.97 bits per heavy atom. The summed E-state index contributed by atoms with van der Waals surface area (Å²) in [5.41, 5.74) is 0.447. The van der Waals surface area contributed by atoms with Crippen molar-refractivity contribution in [3.63, 3.8) is 0 Å². The second-order valence-electron chi connectivity index (χ2n) is 8.39. The fraction of sp³-hybridized carbons (Fsp3) is 0.318. The lowest BCUT2D eigenvalue weighted by Gasteiger charge is -2.42. The Morgan fingerprint density at radius 1 is 1.15 bits per heavy atom. The smallest absolute Gasteiger partial charge is 0.329 e. The number of alkyl halides is 2. The molecule has 170 valence electrons. The van der Waals surface area contributed by atoms with Gasteiger partial charge in [0.1, 0.15) is 17.3 Å². The number of hydrogen-bond acceptors (Lipinski definition) is 6. The normalized spacial score (nSPS) is 18.3. The average molecular weight is 454 g/mol. The van der Waals surface area contributed by atoms with E-state index < -0.39 is 36.1 Å². The van der Waals surface area contributed by atoms with Crippen molar-refractivity contribution in [1.29, 1.82) is 0 Å². The van der Waals surface area contributed by atoms with Crippen molar-refractivity contribution in [3.8, 4) is 22.8 Å². The molecule has 9 nitrogen and oxygen atoms in total. The van der Waals surface area contributed by atoms with E-state index in [2.05, 4.69) is 20.4 Å². The molecule has 1 spiro atoms. The maximum Gasteiger partial charge on any atom is 0.329 e. The van der Waals surface area contributed by atoms with Crippen molar-refractivity contribution in [1.82, 2.24) is 24.6 Å². The van der Waals surface area contributed by atoms with Gasteiger partial charge in [0, 0.05) is 50.5 Å².